The Morgan fingerprint density at radius 1 is 1.22 bits per heavy atom. The zero-order valence-corrected chi connectivity index (χ0v) is 11.2. The number of pyridine rings is 1. The number of aromatic nitrogens is 1. The highest BCUT2D eigenvalue weighted by molar-refractivity contribution is 6.17. The Labute approximate surface area is 112 Å². The molecule has 2 aliphatic rings. The number of halogens is 2. The number of hydrogen-bond acceptors (Lipinski definition) is 2. The highest BCUT2D eigenvalue weighted by Gasteiger charge is 2.31. The molecule has 0 N–H and O–H groups in total. The Kier molecular flexibility index (Phi) is 3.42. The number of hydrogen-bond donors (Lipinski definition) is 0. The third-order valence-electron chi connectivity index (χ3n) is 3.75. The van der Waals surface area contributed by atoms with Gasteiger partial charge < -0.3 is 4.90 Å². The lowest BCUT2D eigenvalue weighted by Crippen LogP contribution is -2.30. The summed E-state index contributed by atoms with van der Waals surface area (Å²) in [5.74, 6) is 1.97. The molecule has 0 unspecified atom stereocenters. The van der Waals surface area contributed by atoms with E-state index in [2.05, 4.69) is 9.88 Å². The molecule has 2 nitrogen and oxygen atoms in total. The first-order valence-corrected chi connectivity index (χ1v) is 7.25. The molecule has 1 aromatic rings. The molecular weight excluding hydrogens is 251 g/mol. The fraction of sp³-hybridized carbons (Fsp3) is 0.643. The molecule has 18 heavy (non-hydrogen) atoms. The summed E-state index contributed by atoms with van der Waals surface area (Å²) in [6.07, 6.45) is 6.77. The quantitative estimate of drug-likeness (QED) is 0.733. The molecule has 98 valence electrons. The fourth-order valence-corrected chi connectivity index (χ4v) is 2.47. The minimum Gasteiger partial charge on any atom is -0.354 e. The third-order valence-corrected chi connectivity index (χ3v) is 4.03. The van der Waals surface area contributed by atoms with Crippen LogP contribution in [0.25, 0.3) is 0 Å². The van der Waals surface area contributed by atoms with Crippen LogP contribution < -0.4 is 4.90 Å². The molecule has 0 aromatic carbocycles. The van der Waals surface area contributed by atoms with E-state index >= 15 is 0 Å². The van der Waals surface area contributed by atoms with Gasteiger partial charge in [-0.3, -0.25) is 0 Å². The molecule has 4 heteroatoms. The monoisotopic (exact) mass is 268 g/mol. The standard InChI is InChI=1S/C14H18ClFN2/c15-7-12-5-6-17-14(13(12)16)18(8-10-1-2-10)9-11-3-4-11/h5-6,10-11H,1-4,7-9H2. The van der Waals surface area contributed by atoms with Crippen LogP contribution in [-0.2, 0) is 5.88 Å². The van der Waals surface area contributed by atoms with Gasteiger partial charge in [-0.25, -0.2) is 9.37 Å². The van der Waals surface area contributed by atoms with Crippen LogP contribution in [0.3, 0.4) is 0 Å². The minimum atomic E-state index is -0.228. The van der Waals surface area contributed by atoms with Crippen molar-refractivity contribution < 1.29 is 4.39 Å². The van der Waals surface area contributed by atoms with Gasteiger partial charge in [-0.1, -0.05) is 0 Å². The summed E-state index contributed by atoms with van der Waals surface area (Å²) in [4.78, 5) is 6.38. The van der Waals surface area contributed by atoms with Gasteiger partial charge in [-0.05, 0) is 43.6 Å². The van der Waals surface area contributed by atoms with E-state index in [1.807, 2.05) is 0 Å². The highest BCUT2D eigenvalue weighted by Crippen LogP contribution is 2.36. The molecule has 0 radical (unpaired) electrons. The van der Waals surface area contributed by atoms with Crippen LogP contribution >= 0.6 is 11.6 Å². The van der Waals surface area contributed by atoms with Crippen molar-refractivity contribution in [3.05, 3.63) is 23.6 Å². The van der Waals surface area contributed by atoms with Crippen molar-refractivity contribution >= 4 is 17.4 Å². The van der Waals surface area contributed by atoms with Crippen molar-refractivity contribution in [1.29, 1.82) is 0 Å². The topological polar surface area (TPSA) is 16.1 Å². The molecule has 0 amide bonds. The number of alkyl halides is 1. The molecule has 0 atom stereocenters. The largest absolute Gasteiger partial charge is 0.354 e. The molecule has 1 aromatic heterocycles. The lowest BCUT2D eigenvalue weighted by Gasteiger charge is -2.24. The summed E-state index contributed by atoms with van der Waals surface area (Å²) >= 11 is 5.76. The van der Waals surface area contributed by atoms with Gasteiger partial charge in [-0.15, -0.1) is 11.6 Å². The summed E-state index contributed by atoms with van der Waals surface area (Å²) < 4.78 is 14.3. The van der Waals surface area contributed by atoms with Crippen LogP contribution in [-0.4, -0.2) is 18.1 Å². The average molecular weight is 269 g/mol. The molecule has 2 aliphatic carbocycles. The van der Waals surface area contributed by atoms with Crippen LogP contribution in [0.15, 0.2) is 12.3 Å². The summed E-state index contributed by atoms with van der Waals surface area (Å²) in [5.41, 5.74) is 0.554. The van der Waals surface area contributed by atoms with Crippen molar-refractivity contribution in [3.8, 4) is 0 Å². The Bertz CT molecular complexity index is 416. The first-order chi connectivity index (χ1) is 8.78. The second-order valence-corrected chi connectivity index (χ2v) is 5.80. The van der Waals surface area contributed by atoms with E-state index in [1.54, 1.807) is 12.3 Å². The maximum atomic E-state index is 14.3. The second-order valence-electron chi connectivity index (χ2n) is 5.53. The maximum absolute atomic E-state index is 14.3. The van der Waals surface area contributed by atoms with Gasteiger partial charge in [0.25, 0.3) is 0 Å². The Hall–Kier alpha value is -0.830. The number of rotatable bonds is 6. The Morgan fingerprint density at radius 3 is 2.33 bits per heavy atom. The van der Waals surface area contributed by atoms with Crippen LogP contribution in [0.5, 0.6) is 0 Å². The summed E-state index contributed by atoms with van der Waals surface area (Å²) in [6.45, 7) is 1.90. The predicted octanol–water partition coefficient (Wildman–Crippen LogP) is 3.59. The van der Waals surface area contributed by atoms with Crippen LogP contribution in [0, 0.1) is 17.7 Å². The molecule has 0 aliphatic heterocycles. The van der Waals surface area contributed by atoms with Gasteiger partial charge >= 0.3 is 0 Å². The maximum Gasteiger partial charge on any atom is 0.170 e. The van der Waals surface area contributed by atoms with E-state index in [0.717, 1.165) is 24.9 Å². The highest BCUT2D eigenvalue weighted by atomic mass is 35.5. The van der Waals surface area contributed by atoms with Gasteiger partial charge in [0, 0.05) is 24.8 Å². The van der Waals surface area contributed by atoms with E-state index in [4.69, 9.17) is 11.6 Å². The average Bonchev–Trinajstić information content (AvgIpc) is 3.24. The first kappa shape index (κ1) is 12.2. The van der Waals surface area contributed by atoms with E-state index in [0.29, 0.717) is 11.4 Å². The number of anilines is 1. The van der Waals surface area contributed by atoms with Gasteiger partial charge in [0.2, 0.25) is 0 Å². The van der Waals surface area contributed by atoms with Crippen molar-refractivity contribution in [2.45, 2.75) is 31.6 Å². The first-order valence-electron chi connectivity index (χ1n) is 6.72. The Balaban J connectivity index is 1.82. The van der Waals surface area contributed by atoms with E-state index in [9.17, 15) is 4.39 Å². The summed E-state index contributed by atoms with van der Waals surface area (Å²) in [7, 11) is 0. The molecule has 0 spiro atoms. The van der Waals surface area contributed by atoms with E-state index in [1.165, 1.54) is 25.7 Å². The smallest absolute Gasteiger partial charge is 0.170 e. The molecule has 2 saturated carbocycles. The van der Waals surface area contributed by atoms with Gasteiger partial charge in [0.1, 0.15) is 0 Å². The van der Waals surface area contributed by atoms with Crippen LogP contribution in [0.1, 0.15) is 31.2 Å². The molecule has 1 heterocycles. The minimum absolute atomic E-state index is 0.210. The SMILES string of the molecule is Fc1c(CCl)ccnc1N(CC1CC1)CC1CC1. The second kappa shape index (κ2) is 5.04. The Morgan fingerprint density at radius 2 is 1.83 bits per heavy atom. The predicted molar refractivity (Wildman–Crippen MR) is 71.4 cm³/mol. The molecule has 0 bridgehead atoms. The molecule has 2 fully saturated rings. The number of nitrogens with zero attached hydrogens (tertiary/aromatic N) is 2. The van der Waals surface area contributed by atoms with Gasteiger partial charge in [-0.2, -0.15) is 0 Å². The zero-order valence-electron chi connectivity index (χ0n) is 10.4. The van der Waals surface area contributed by atoms with Crippen molar-refractivity contribution in [1.82, 2.24) is 4.98 Å². The van der Waals surface area contributed by atoms with Gasteiger partial charge in [0.15, 0.2) is 11.6 Å². The lowest BCUT2D eigenvalue weighted by molar-refractivity contribution is 0.585. The van der Waals surface area contributed by atoms with Crippen molar-refractivity contribution in [2.24, 2.45) is 11.8 Å². The summed E-state index contributed by atoms with van der Waals surface area (Å²) in [5, 5.41) is 0. The van der Waals surface area contributed by atoms with Crippen molar-refractivity contribution in [2.75, 3.05) is 18.0 Å². The molecule has 3 rings (SSSR count). The third kappa shape index (κ3) is 2.77. The van der Waals surface area contributed by atoms with Crippen LogP contribution in [0.2, 0.25) is 0 Å². The van der Waals surface area contributed by atoms with Crippen LogP contribution in [0.4, 0.5) is 10.2 Å². The molecular formula is C14H18ClFN2. The fourth-order valence-electron chi connectivity index (χ4n) is 2.27. The van der Waals surface area contributed by atoms with Gasteiger partial charge in [0.05, 0.1) is 5.88 Å². The normalized spacial score (nSPS) is 19.0. The van der Waals surface area contributed by atoms with E-state index < -0.39 is 0 Å². The summed E-state index contributed by atoms with van der Waals surface area (Å²) in [6, 6.07) is 1.66. The molecule has 0 saturated heterocycles. The zero-order chi connectivity index (χ0) is 12.5. The lowest BCUT2D eigenvalue weighted by atomic mass is 10.2. The van der Waals surface area contributed by atoms with E-state index in [-0.39, 0.29) is 11.7 Å². The van der Waals surface area contributed by atoms with Crippen molar-refractivity contribution in [3.63, 3.8) is 0 Å².